The monoisotopic (exact) mass is 360 g/mol. The van der Waals surface area contributed by atoms with Crippen molar-refractivity contribution < 1.29 is 0 Å². The van der Waals surface area contributed by atoms with Crippen LogP contribution in [0, 0.1) is 53.3 Å². The molecular weight excluding hydrogens is 316 g/mol. The highest BCUT2D eigenvalue weighted by molar-refractivity contribution is 6.80. The van der Waals surface area contributed by atoms with E-state index in [9.17, 15) is 0 Å². The molecule has 0 radical (unpaired) electrons. The van der Waals surface area contributed by atoms with E-state index in [4.69, 9.17) is 0 Å². The van der Waals surface area contributed by atoms with Gasteiger partial charge in [-0.05, 0) is 83.6 Å². The van der Waals surface area contributed by atoms with Gasteiger partial charge in [-0.1, -0.05) is 67.0 Å². The molecule has 1 heteroatoms. The molecule has 0 aromatic rings. The second-order valence-electron chi connectivity index (χ2n) is 11.9. The van der Waals surface area contributed by atoms with Crippen molar-refractivity contribution in [3.63, 3.8) is 0 Å². The van der Waals surface area contributed by atoms with E-state index in [1.54, 1.807) is 38.5 Å². The predicted octanol–water partition coefficient (Wildman–Crippen LogP) is 7.48. The van der Waals surface area contributed by atoms with Crippen molar-refractivity contribution in [2.24, 2.45) is 53.3 Å². The van der Waals surface area contributed by atoms with Crippen LogP contribution < -0.4 is 0 Å². The van der Waals surface area contributed by atoms with Crippen LogP contribution in [0.4, 0.5) is 0 Å². The first-order chi connectivity index (χ1) is 11.7. The Morgan fingerprint density at radius 2 is 1.16 bits per heavy atom. The molecule has 4 rings (SSSR count). The Bertz CT molecular complexity index is 482. The van der Waals surface area contributed by atoms with Crippen LogP contribution >= 0.6 is 0 Å². The Labute approximate surface area is 158 Å². The maximum Gasteiger partial charge on any atom is 0.0544 e. The molecule has 144 valence electrons. The van der Waals surface area contributed by atoms with Gasteiger partial charge >= 0.3 is 0 Å². The van der Waals surface area contributed by atoms with Gasteiger partial charge in [0.25, 0.3) is 0 Å². The van der Waals surface area contributed by atoms with E-state index in [0.717, 1.165) is 64.3 Å². The molecule has 0 aromatic carbocycles. The van der Waals surface area contributed by atoms with Crippen LogP contribution in [-0.4, -0.2) is 8.07 Å². The highest BCUT2D eigenvalue weighted by Crippen LogP contribution is 2.65. The maximum atomic E-state index is 2.83. The van der Waals surface area contributed by atoms with Gasteiger partial charge in [0.2, 0.25) is 0 Å². The van der Waals surface area contributed by atoms with Gasteiger partial charge in [-0.15, -0.1) is 0 Å². The van der Waals surface area contributed by atoms with Gasteiger partial charge in [-0.3, -0.25) is 0 Å². The molecule has 4 aliphatic rings. The summed E-state index contributed by atoms with van der Waals surface area (Å²) in [6.45, 7) is 18.6. The van der Waals surface area contributed by atoms with Crippen molar-refractivity contribution >= 4 is 8.07 Å². The second kappa shape index (κ2) is 6.38. The molecule has 0 bridgehead atoms. The van der Waals surface area contributed by atoms with Crippen molar-refractivity contribution in [3.05, 3.63) is 0 Å². The van der Waals surface area contributed by atoms with Crippen LogP contribution in [0.15, 0.2) is 0 Å². The first-order valence-electron chi connectivity index (χ1n) is 11.7. The van der Waals surface area contributed by atoms with Crippen molar-refractivity contribution in [1.29, 1.82) is 0 Å². The van der Waals surface area contributed by atoms with Crippen LogP contribution in [0.5, 0.6) is 0 Å². The third kappa shape index (κ3) is 2.73. The summed E-state index contributed by atoms with van der Waals surface area (Å²) in [5, 5.41) is 0. The lowest BCUT2D eigenvalue weighted by Gasteiger charge is -2.46. The quantitative estimate of drug-likeness (QED) is 0.448. The lowest BCUT2D eigenvalue weighted by molar-refractivity contribution is 0.134. The molecule has 10 atom stereocenters. The molecular formula is C24H44Si. The molecule has 4 fully saturated rings. The normalized spacial score (nSPS) is 56.0. The fourth-order valence-electron chi connectivity index (χ4n) is 9.20. The van der Waals surface area contributed by atoms with Crippen LogP contribution in [0.25, 0.3) is 0 Å². The predicted molar refractivity (Wildman–Crippen MR) is 112 cm³/mol. The lowest BCUT2D eigenvalue weighted by atomic mass is 9.69. The molecule has 10 unspecified atom stereocenters. The Morgan fingerprint density at radius 3 is 1.72 bits per heavy atom. The zero-order chi connectivity index (χ0) is 18.1. The summed E-state index contributed by atoms with van der Waals surface area (Å²) >= 11 is 0. The van der Waals surface area contributed by atoms with Crippen LogP contribution in [-0.2, 0) is 0 Å². The summed E-state index contributed by atoms with van der Waals surface area (Å²) < 4.78 is 0. The first kappa shape index (κ1) is 18.6. The van der Waals surface area contributed by atoms with Crippen LogP contribution in [0.3, 0.4) is 0 Å². The number of fused-ring (bicyclic) bond motifs is 2. The number of hydrogen-bond acceptors (Lipinski definition) is 0. The van der Waals surface area contributed by atoms with Crippen molar-refractivity contribution in [3.8, 4) is 0 Å². The zero-order valence-corrected chi connectivity index (χ0v) is 19.1. The number of hydrogen-bond donors (Lipinski definition) is 0. The highest BCUT2D eigenvalue weighted by atomic mass is 28.3. The topological polar surface area (TPSA) is 0 Å². The molecule has 0 spiro atoms. The molecule has 0 saturated heterocycles. The standard InChI is InChI=1S/C24H44Si/c1-14-11-23(22-13-20-10-8-9-19(20)12-21(14)22)25(6,7)24-17(4)15(2)16(3)18(24)5/h14-24H,8-13H2,1-7H3. The smallest absolute Gasteiger partial charge is 0.0544 e. The summed E-state index contributed by atoms with van der Waals surface area (Å²) in [5.74, 6) is 9.27. The Morgan fingerprint density at radius 1 is 0.640 bits per heavy atom. The van der Waals surface area contributed by atoms with E-state index in [2.05, 4.69) is 47.7 Å². The number of rotatable bonds is 2. The average Bonchev–Trinajstić information content (AvgIpc) is 3.20. The molecule has 25 heavy (non-hydrogen) atoms. The SMILES string of the molecule is CC1CC([Si](C)(C)C2C(C)C(C)C(C)C2C)C2CC3CCCC3CC12. The molecule has 0 heterocycles. The Balaban J connectivity index is 1.60. The fraction of sp³-hybridized carbons (Fsp3) is 1.00. The van der Waals surface area contributed by atoms with E-state index >= 15 is 0 Å². The van der Waals surface area contributed by atoms with Crippen molar-refractivity contribution in [1.82, 2.24) is 0 Å². The van der Waals surface area contributed by atoms with Gasteiger partial charge in [-0.2, -0.15) is 0 Å². The summed E-state index contributed by atoms with van der Waals surface area (Å²) in [6.07, 6.45) is 9.51. The van der Waals surface area contributed by atoms with Gasteiger partial charge < -0.3 is 0 Å². The van der Waals surface area contributed by atoms with Crippen LogP contribution in [0.1, 0.15) is 73.1 Å². The highest BCUT2D eigenvalue weighted by Gasteiger charge is 2.58. The molecule has 0 aromatic heterocycles. The summed E-state index contributed by atoms with van der Waals surface area (Å²) in [7, 11) is -1.24. The fourth-order valence-corrected chi connectivity index (χ4v) is 15.5. The molecule has 0 amide bonds. The van der Waals surface area contributed by atoms with E-state index in [-0.39, 0.29) is 0 Å². The maximum absolute atomic E-state index is 2.83. The minimum absolute atomic E-state index is 0.937. The molecule has 4 saturated carbocycles. The van der Waals surface area contributed by atoms with Gasteiger partial charge in [0, 0.05) is 0 Å². The third-order valence-electron chi connectivity index (χ3n) is 10.8. The van der Waals surface area contributed by atoms with Gasteiger partial charge in [0.15, 0.2) is 0 Å². The van der Waals surface area contributed by atoms with Crippen LogP contribution in [0.2, 0.25) is 24.2 Å². The van der Waals surface area contributed by atoms with E-state index in [1.807, 2.05) is 0 Å². The van der Waals surface area contributed by atoms with E-state index < -0.39 is 8.07 Å². The van der Waals surface area contributed by atoms with E-state index in [0.29, 0.717) is 0 Å². The molecule has 0 N–H and O–H groups in total. The lowest BCUT2D eigenvalue weighted by Crippen LogP contribution is -2.45. The second-order valence-corrected chi connectivity index (χ2v) is 16.9. The third-order valence-corrected chi connectivity index (χ3v) is 16.2. The van der Waals surface area contributed by atoms with Crippen molar-refractivity contribution in [2.75, 3.05) is 0 Å². The summed E-state index contributed by atoms with van der Waals surface area (Å²) in [5.41, 5.74) is 2.19. The average molecular weight is 361 g/mol. The molecule has 0 nitrogen and oxygen atoms in total. The van der Waals surface area contributed by atoms with Crippen molar-refractivity contribution in [2.45, 2.75) is 97.3 Å². The van der Waals surface area contributed by atoms with Gasteiger partial charge in [0.05, 0.1) is 8.07 Å². The first-order valence-corrected chi connectivity index (χ1v) is 14.9. The zero-order valence-electron chi connectivity index (χ0n) is 18.1. The minimum Gasteiger partial charge on any atom is -0.0689 e. The summed E-state index contributed by atoms with van der Waals surface area (Å²) in [4.78, 5) is 0. The summed E-state index contributed by atoms with van der Waals surface area (Å²) in [6, 6.07) is 0. The van der Waals surface area contributed by atoms with E-state index in [1.165, 1.54) is 0 Å². The largest absolute Gasteiger partial charge is 0.0689 e. The molecule has 0 aliphatic heterocycles. The Kier molecular flexibility index (Phi) is 4.74. The minimum atomic E-state index is -1.24. The van der Waals surface area contributed by atoms with Gasteiger partial charge in [0.1, 0.15) is 0 Å². The Hall–Kier alpha value is 0.217. The van der Waals surface area contributed by atoms with Gasteiger partial charge in [-0.25, -0.2) is 0 Å². The molecule has 4 aliphatic carbocycles.